The zero-order valence-electron chi connectivity index (χ0n) is 12.2. The van der Waals surface area contributed by atoms with Crippen molar-refractivity contribution in [1.82, 2.24) is 19.9 Å². The average Bonchev–Trinajstić information content (AvgIpc) is 3.04. The van der Waals surface area contributed by atoms with Gasteiger partial charge < -0.3 is 9.88 Å². The van der Waals surface area contributed by atoms with Gasteiger partial charge in [0.1, 0.15) is 5.69 Å². The summed E-state index contributed by atoms with van der Waals surface area (Å²) in [7, 11) is 0. The summed E-state index contributed by atoms with van der Waals surface area (Å²) in [6.45, 7) is 2.27. The molecule has 1 N–H and O–H groups in total. The van der Waals surface area contributed by atoms with Gasteiger partial charge in [-0.15, -0.1) is 0 Å². The maximum absolute atomic E-state index is 12.3. The van der Waals surface area contributed by atoms with Gasteiger partial charge in [-0.2, -0.15) is 0 Å². The predicted molar refractivity (Wildman–Crippen MR) is 80.2 cm³/mol. The van der Waals surface area contributed by atoms with Crippen molar-refractivity contribution in [2.75, 3.05) is 0 Å². The number of amides is 1. The molecule has 1 fully saturated rings. The van der Waals surface area contributed by atoms with Crippen LogP contribution in [0.15, 0.2) is 37.1 Å². The van der Waals surface area contributed by atoms with Crippen LogP contribution < -0.4 is 5.32 Å². The molecule has 5 nitrogen and oxygen atoms in total. The molecular formula is C16H20N4O. The standard InChI is InChI=1S/C16H20N4O/c1-12-2-4-13(5-3-12)19-16(21)15-10-14(6-7-18-15)20-9-8-17-11-20/h6-13H,2-5H2,1H3,(H,19,21). The lowest BCUT2D eigenvalue weighted by atomic mass is 9.87. The normalized spacial score (nSPS) is 22.0. The van der Waals surface area contributed by atoms with Crippen LogP contribution in [0.4, 0.5) is 0 Å². The fourth-order valence-corrected chi connectivity index (χ4v) is 2.78. The van der Waals surface area contributed by atoms with Crippen LogP contribution in [-0.2, 0) is 0 Å². The molecule has 1 aliphatic carbocycles. The van der Waals surface area contributed by atoms with Gasteiger partial charge in [0.2, 0.25) is 0 Å². The van der Waals surface area contributed by atoms with Crippen LogP contribution in [0, 0.1) is 5.92 Å². The van der Waals surface area contributed by atoms with Crippen molar-refractivity contribution < 1.29 is 4.79 Å². The van der Waals surface area contributed by atoms with E-state index in [1.165, 1.54) is 12.8 Å². The first kappa shape index (κ1) is 13.8. The summed E-state index contributed by atoms with van der Waals surface area (Å²) in [5.74, 6) is 0.692. The number of rotatable bonds is 3. The van der Waals surface area contributed by atoms with E-state index in [9.17, 15) is 4.79 Å². The number of hydrogen-bond donors (Lipinski definition) is 1. The molecule has 1 saturated carbocycles. The van der Waals surface area contributed by atoms with E-state index >= 15 is 0 Å². The summed E-state index contributed by atoms with van der Waals surface area (Å²) in [5.41, 5.74) is 1.35. The topological polar surface area (TPSA) is 59.8 Å². The van der Waals surface area contributed by atoms with E-state index in [1.54, 1.807) is 24.8 Å². The number of aromatic nitrogens is 3. The molecule has 5 heteroatoms. The van der Waals surface area contributed by atoms with Crippen molar-refractivity contribution in [3.8, 4) is 5.69 Å². The summed E-state index contributed by atoms with van der Waals surface area (Å²) in [6.07, 6.45) is 11.4. The van der Waals surface area contributed by atoms with Crippen LogP contribution in [0.25, 0.3) is 5.69 Å². The minimum absolute atomic E-state index is 0.0866. The van der Waals surface area contributed by atoms with Gasteiger partial charge in [-0.3, -0.25) is 9.78 Å². The van der Waals surface area contributed by atoms with Crippen LogP contribution in [0.1, 0.15) is 43.1 Å². The van der Waals surface area contributed by atoms with Crippen LogP contribution in [0.2, 0.25) is 0 Å². The molecule has 0 spiro atoms. The summed E-state index contributed by atoms with van der Waals surface area (Å²) in [6, 6.07) is 3.94. The Kier molecular flexibility index (Phi) is 3.99. The number of nitrogens with zero attached hydrogens (tertiary/aromatic N) is 3. The molecule has 0 atom stereocenters. The molecule has 2 aromatic heterocycles. The van der Waals surface area contributed by atoms with Gasteiger partial charge in [0.05, 0.1) is 12.0 Å². The first-order chi connectivity index (χ1) is 10.2. The summed E-state index contributed by atoms with van der Waals surface area (Å²) in [4.78, 5) is 20.5. The van der Waals surface area contributed by atoms with Crippen LogP contribution in [0.5, 0.6) is 0 Å². The SMILES string of the molecule is CC1CCC(NC(=O)c2cc(-n3ccnc3)ccn2)CC1. The van der Waals surface area contributed by atoms with Gasteiger partial charge in [-0.05, 0) is 43.7 Å². The van der Waals surface area contributed by atoms with E-state index in [0.717, 1.165) is 24.4 Å². The Morgan fingerprint density at radius 3 is 2.81 bits per heavy atom. The number of hydrogen-bond acceptors (Lipinski definition) is 3. The van der Waals surface area contributed by atoms with Gasteiger partial charge in [0.25, 0.3) is 5.91 Å². The zero-order valence-corrected chi connectivity index (χ0v) is 12.2. The van der Waals surface area contributed by atoms with Gasteiger partial charge >= 0.3 is 0 Å². The van der Waals surface area contributed by atoms with Crippen molar-refractivity contribution >= 4 is 5.91 Å². The number of pyridine rings is 1. The van der Waals surface area contributed by atoms with Crippen molar-refractivity contribution in [3.63, 3.8) is 0 Å². The van der Waals surface area contributed by atoms with Gasteiger partial charge in [-0.25, -0.2) is 4.98 Å². The van der Waals surface area contributed by atoms with Crippen molar-refractivity contribution in [2.45, 2.75) is 38.6 Å². The van der Waals surface area contributed by atoms with Gasteiger partial charge in [0.15, 0.2) is 0 Å². The monoisotopic (exact) mass is 284 g/mol. The number of carbonyl (C=O) groups excluding carboxylic acids is 1. The molecule has 1 amide bonds. The van der Waals surface area contributed by atoms with Crippen molar-refractivity contribution in [2.24, 2.45) is 5.92 Å². The Morgan fingerprint density at radius 1 is 1.29 bits per heavy atom. The minimum Gasteiger partial charge on any atom is -0.348 e. The molecule has 2 heterocycles. The molecule has 0 bridgehead atoms. The second-order valence-electron chi connectivity index (χ2n) is 5.80. The molecule has 0 aromatic carbocycles. The Morgan fingerprint density at radius 2 is 2.10 bits per heavy atom. The number of imidazole rings is 1. The molecule has 0 saturated heterocycles. The third-order valence-electron chi connectivity index (χ3n) is 4.13. The second-order valence-corrected chi connectivity index (χ2v) is 5.80. The quantitative estimate of drug-likeness (QED) is 0.942. The average molecular weight is 284 g/mol. The maximum Gasteiger partial charge on any atom is 0.270 e. The molecule has 2 aromatic rings. The van der Waals surface area contributed by atoms with E-state index in [0.29, 0.717) is 5.69 Å². The highest BCUT2D eigenvalue weighted by molar-refractivity contribution is 5.92. The smallest absolute Gasteiger partial charge is 0.270 e. The fraction of sp³-hybridized carbons (Fsp3) is 0.438. The zero-order chi connectivity index (χ0) is 14.7. The van der Waals surface area contributed by atoms with Gasteiger partial charge in [-0.1, -0.05) is 6.92 Å². The largest absolute Gasteiger partial charge is 0.348 e. The second kappa shape index (κ2) is 6.08. The van der Waals surface area contributed by atoms with Crippen molar-refractivity contribution in [1.29, 1.82) is 0 Å². The molecule has 0 aliphatic heterocycles. The summed E-state index contributed by atoms with van der Waals surface area (Å²) in [5, 5.41) is 3.10. The Bertz CT molecular complexity index is 600. The lowest BCUT2D eigenvalue weighted by molar-refractivity contribution is 0.0918. The summed E-state index contributed by atoms with van der Waals surface area (Å²) >= 11 is 0. The van der Waals surface area contributed by atoms with E-state index < -0.39 is 0 Å². The molecule has 0 unspecified atom stereocenters. The molecule has 21 heavy (non-hydrogen) atoms. The first-order valence-corrected chi connectivity index (χ1v) is 7.47. The number of carbonyl (C=O) groups is 1. The maximum atomic E-state index is 12.3. The Hall–Kier alpha value is -2.17. The number of nitrogens with one attached hydrogen (secondary N) is 1. The van der Waals surface area contributed by atoms with Gasteiger partial charge in [0, 0.05) is 24.6 Å². The van der Waals surface area contributed by atoms with E-state index in [4.69, 9.17) is 0 Å². The highest BCUT2D eigenvalue weighted by Gasteiger charge is 2.20. The van der Waals surface area contributed by atoms with E-state index in [-0.39, 0.29) is 11.9 Å². The third-order valence-corrected chi connectivity index (χ3v) is 4.13. The minimum atomic E-state index is -0.0866. The molecule has 1 aliphatic rings. The fourth-order valence-electron chi connectivity index (χ4n) is 2.78. The van der Waals surface area contributed by atoms with E-state index in [1.807, 2.05) is 16.8 Å². The van der Waals surface area contributed by atoms with Crippen LogP contribution in [0.3, 0.4) is 0 Å². The van der Waals surface area contributed by atoms with Crippen LogP contribution >= 0.6 is 0 Å². The highest BCUT2D eigenvalue weighted by Crippen LogP contribution is 2.23. The molecule has 3 rings (SSSR count). The molecular weight excluding hydrogens is 264 g/mol. The Labute approximate surface area is 124 Å². The molecule has 110 valence electrons. The highest BCUT2D eigenvalue weighted by atomic mass is 16.1. The Balaban J connectivity index is 1.69. The van der Waals surface area contributed by atoms with E-state index in [2.05, 4.69) is 22.2 Å². The molecule has 0 radical (unpaired) electrons. The lowest BCUT2D eigenvalue weighted by Gasteiger charge is -2.26. The third kappa shape index (κ3) is 3.29. The summed E-state index contributed by atoms with van der Waals surface area (Å²) < 4.78 is 1.86. The van der Waals surface area contributed by atoms with Crippen molar-refractivity contribution in [3.05, 3.63) is 42.7 Å². The first-order valence-electron chi connectivity index (χ1n) is 7.47. The van der Waals surface area contributed by atoms with Crippen LogP contribution in [-0.4, -0.2) is 26.5 Å². The lowest BCUT2D eigenvalue weighted by Crippen LogP contribution is -2.37. The predicted octanol–water partition coefficient (Wildman–Crippen LogP) is 2.58.